The highest BCUT2D eigenvalue weighted by atomic mass is 16.6. The smallest absolute Gasteiger partial charge is 0.320 e. The average molecular weight is 545 g/mol. The molecular weight excluding hydrogens is 508 g/mol. The van der Waals surface area contributed by atoms with Crippen LogP contribution in [0.3, 0.4) is 0 Å². The van der Waals surface area contributed by atoms with Crippen LogP contribution in [0, 0.1) is 10.1 Å². The fraction of sp³-hybridized carbons (Fsp3) is 0.367. The number of hydrogen-bond acceptors (Lipinski definition) is 6. The van der Waals surface area contributed by atoms with Gasteiger partial charge in [-0.2, -0.15) is 0 Å². The highest BCUT2D eigenvalue weighted by Gasteiger charge is 2.40. The Kier molecular flexibility index (Phi) is 8.98. The van der Waals surface area contributed by atoms with E-state index in [9.17, 15) is 19.7 Å². The number of benzene rings is 2. The van der Waals surface area contributed by atoms with E-state index in [2.05, 4.69) is 26.3 Å². The molecule has 4 rings (SSSR count). The molecule has 1 atom stereocenters. The van der Waals surface area contributed by atoms with Gasteiger partial charge in [0.2, 0.25) is 5.91 Å². The Hall–Kier alpha value is -4.47. The zero-order valence-electron chi connectivity index (χ0n) is 22.9. The molecule has 0 radical (unpaired) electrons. The molecule has 1 aromatic heterocycles. The van der Waals surface area contributed by atoms with Gasteiger partial charge in [0.1, 0.15) is 5.54 Å². The van der Waals surface area contributed by atoms with Crippen LogP contribution >= 0.6 is 0 Å². The van der Waals surface area contributed by atoms with E-state index < -0.39 is 22.4 Å². The number of hydrogen-bond donors (Lipinski definition) is 4. The fourth-order valence-electron chi connectivity index (χ4n) is 5.41. The number of carbonyl (C=O) groups excluding carboxylic acids is 2. The van der Waals surface area contributed by atoms with E-state index in [-0.39, 0.29) is 17.5 Å². The largest absolute Gasteiger partial charge is 0.388 e. The lowest BCUT2D eigenvalue weighted by Gasteiger charge is -2.38. The van der Waals surface area contributed by atoms with Crippen molar-refractivity contribution in [3.8, 4) is 0 Å². The second kappa shape index (κ2) is 12.6. The second-order valence-corrected chi connectivity index (χ2v) is 10.5. The SMILES string of the molecule is CNc1ccc(NC(=O)N[C@@](C)(Cc2ccccc2[N+](=O)[O-])C(=O)NCC2(c3ccccn3)CCCCC2)cc1. The van der Waals surface area contributed by atoms with Gasteiger partial charge in [0.05, 0.1) is 4.92 Å². The molecule has 3 aromatic rings. The first-order valence-corrected chi connectivity index (χ1v) is 13.5. The van der Waals surface area contributed by atoms with E-state index in [1.165, 1.54) is 6.07 Å². The molecule has 1 heterocycles. The number of amides is 3. The van der Waals surface area contributed by atoms with Gasteiger partial charge < -0.3 is 21.3 Å². The van der Waals surface area contributed by atoms with Crippen molar-refractivity contribution in [1.82, 2.24) is 15.6 Å². The van der Waals surface area contributed by atoms with Crippen molar-refractivity contribution in [3.63, 3.8) is 0 Å². The first-order valence-electron chi connectivity index (χ1n) is 13.5. The summed E-state index contributed by atoms with van der Waals surface area (Å²) in [5.74, 6) is -0.424. The van der Waals surface area contributed by atoms with Gasteiger partial charge in [0.15, 0.2) is 0 Å². The highest BCUT2D eigenvalue weighted by molar-refractivity contribution is 5.96. The van der Waals surface area contributed by atoms with Crippen LogP contribution in [0.2, 0.25) is 0 Å². The van der Waals surface area contributed by atoms with Crippen molar-refractivity contribution in [2.45, 2.75) is 56.4 Å². The summed E-state index contributed by atoms with van der Waals surface area (Å²) in [4.78, 5) is 42.9. The van der Waals surface area contributed by atoms with E-state index in [0.717, 1.165) is 43.5 Å². The Morgan fingerprint density at radius 2 is 1.65 bits per heavy atom. The predicted molar refractivity (Wildman–Crippen MR) is 155 cm³/mol. The predicted octanol–water partition coefficient (Wildman–Crippen LogP) is 5.17. The first kappa shape index (κ1) is 28.5. The maximum absolute atomic E-state index is 13.9. The Labute approximate surface area is 234 Å². The minimum absolute atomic E-state index is 0.0707. The van der Waals surface area contributed by atoms with Gasteiger partial charge in [-0.25, -0.2) is 4.79 Å². The quantitative estimate of drug-likeness (QED) is 0.205. The lowest BCUT2D eigenvalue weighted by molar-refractivity contribution is -0.385. The molecule has 40 heavy (non-hydrogen) atoms. The molecular formula is C30H36N6O4. The van der Waals surface area contributed by atoms with Crippen LogP contribution in [0.25, 0.3) is 0 Å². The van der Waals surface area contributed by atoms with Crippen LogP contribution in [0.4, 0.5) is 21.9 Å². The van der Waals surface area contributed by atoms with E-state index in [0.29, 0.717) is 17.8 Å². The summed E-state index contributed by atoms with van der Waals surface area (Å²) >= 11 is 0. The van der Waals surface area contributed by atoms with Gasteiger partial charge in [0.25, 0.3) is 5.69 Å². The summed E-state index contributed by atoms with van der Waals surface area (Å²) in [6.45, 7) is 1.95. The van der Waals surface area contributed by atoms with Gasteiger partial charge in [-0.05, 0) is 56.2 Å². The Morgan fingerprint density at radius 3 is 2.30 bits per heavy atom. The van der Waals surface area contributed by atoms with Crippen LogP contribution in [0.15, 0.2) is 72.9 Å². The summed E-state index contributed by atoms with van der Waals surface area (Å²) in [7, 11) is 1.80. The van der Waals surface area contributed by atoms with Crippen LogP contribution < -0.4 is 21.3 Å². The summed E-state index contributed by atoms with van der Waals surface area (Å²) in [6, 6.07) is 18.6. The minimum atomic E-state index is -1.49. The molecule has 0 aliphatic heterocycles. The van der Waals surface area contributed by atoms with Crippen LogP contribution in [-0.2, 0) is 16.6 Å². The molecule has 1 fully saturated rings. The number of rotatable bonds is 10. The second-order valence-electron chi connectivity index (χ2n) is 10.5. The maximum atomic E-state index is 13.9. The van der Waals surface area contributed by atoms with E-state index in [1.54, 1.807) is 50.5 Å². The molecule has 0 saturated heterocycles. The topological polar surface area (TPSA) is 138 Å². The number of nitro benzene ring substituents is 1. The first-order chi connectivity index (χ1) is 19.2. The molecule has 0 unspecified atom stereocenters. The van der Waals surface area contributed by atoms with Crippen molar-refractivity contribution >= 4 is 29.0 Å². The van der Waals surface area contributed by atoms with Gasteiger partial charge in [0, 0.05) is 60.3 Å². The van der Waals surface area contributed by atoms with Crippen molar-refractivity contribution in [3.05, 3.63) is 94.3 Å². The Morgan fingerprint density at radius 1 is 0.975 bits per heavy atom. The van der Waals surface area contributed by atoms with Crippen molar-refractivity contribution in [2.75, 3.05) is 24.2 Å². The Balaban J connectivity index is 1.58. The third-order valence-corrected chi connectivity index (χ3v) is 7.66. The van der Waals surface area contributed by atoms with Crippen LogP contribution in [0.1, 0.15) is 50.3 Å². The maximum Gasteiger partial charge on any atom is 0.320 e. The van der Waals surface area contributed by atoms with Crippen molar-refractivity contribution in [1.29, 1.82) is 0 Å². The molecule has 0 bridgehead atoms. The van der Waals surface area contributed by atoms with E-state index in [1.807, 2.05) is 30.3 Å². The normalized spacial score (nSPS) is 15.8. The molecule has 10 nitrogen and oxygen atoms in total. The van der Waals surface area contributed by atoms with Crippen LogP contribution in [0.5, 0.6) is 0 Å². The number of carbonyl (C=O) groups is 2. The van der Waals surface area contributed by atoms with E-state index >= 15 is 0 Å². The number of aromatic nitrogens is 1. The summed E-state index contributed by atoms with van der Waals surface area (Å²) in [5.41, 5.74) is 0.806. The Bertz CT molecular complexity index is 1330. The van der Waals surface area contributed by atoms with Crippen molar-refractivity contribution < 1.29 is 14.5 Å². The molecule has 2 aromatic carbocycles. The molecule has 4 N–H and O–H groups in total. The van der Waals surface area contributed by atoms with Gasteiger partial charge in [-0.15, -0.1) is 0 Å². The standard InChI is InChI=1S/C30H36N6O4/c1-29(20-22-10-4-5-11-25(22)36(39)40,35-28(38)34-24-15-13-23(31-2)14-16-24)27(37)33-21-30(17-7-3-8-18-30)26-12-6-9-19-32-26/h4-6,9-16,19,31H,3,7-8,17-18,20-21H2,1-2H3,(H,33,37)(H2,34,35,38)/t29-/m0/s1. The molecule has 1 saturated carbocycles. The zero-order valence-corrected chi connectivity index (χ0v) is 22.9. The summed E-state index contributed by atoms with van der Waals surface area (Å²) < 4.78 is 0. The molecule has 3 amide bonds. The molecule has 1 aliphatic rings. The van der Waals surface area contributed by atoms with Crippen LogP contribution in [-0.4, -0.2) is 41.0 Å². The third-order valence-electron chi connectivity index (χ3n) is 7.66. The highest BCUT2D eigenvalue weighted by Crippen LogP contribution is 2.38. The number of pyridine rings is 1. The number of nitrogens with zero attached hydrogens (tertiary/aromatic N) is 2. The summed E-state index contributed by atoms with van der Waals surface area (Å²) in [5, 5.41) is 23.4. The number of para-hydroxylation sites is 1. The van der Waals surface area contributed by atoms with Crippen molar-refractivity contribution in [2.24, 2.45) is 0 Å². The molecule has 210 valence electrons. The lowest BCUT2D eigenvalue weighted by atomic mass is 9.71. The van der Waals surface area contributed by atoms with Gasteiger partial charge >= 0.3 is 6.03 Å². The molecule has 1 aliphatic carbocycles. The lowest BCUT2D eigenvalue weighted by Crippen LogP contribution is -2.60. The third kappa shape index (κ3) is 6.74. The molecule has 10 heteroatoms. The number of urea groups is 1. The average Bonchev–Trinajstić information content (AvgIpc) is 2.97. The number of nitro groups is 1. The number of anilines is 2. The minimum Gasteiger partial charge on any atom is -0.388 e. The summed E-state index contributed by atoms with van der Waals surface area (Å²) in [6.07, 6.45) is 6.68. The fourth-order valence-corrected chi connectivity index (χ4v) is 5.41. The van der Waals surface area contributed by atoms with Gasteiger partial charge in [-0.3, -0.25) is 19.9 Å². The van der Waals surface area contributed by atoms with E-state index in [4.69, 9.17) is 0 Å². The monoisotopic (exact) mass is 544 g/mol. The zero-order chi connectivity index (χ0) is 28.6. The number of nitrogens with one attached hydrogen (secondary N) is 4. The molecule has 0 spiro atoms. The van der Waals surface area contributed by atoms with Gasteiger partial charge in [-0.1, -0.05) is 43.5 Å².